The number of ether oxygens (including phenoxy) is 3. The Morgan fingerprint density at radius 1 is 1.32 bits per heavy atom. The average Bonchev–Trinajstić information content (AvgIpc) is 2.43. The van der Waals surface area contributed by atoms with Crippen molar-refractivity contribution in [3.8, 4) is 0 Å². The predicted octanol–water partition coefficient (Wildman–Crippen LogP) is 2.28. The smallest absolute Gasteiger partial charge is 0.450 e. The maximum Gasteiger partial charge on any atom is 0.505 e. The fourth-order valence-corrected chi connectivity index (χ4v) is 1.45. The second-order valence-electron chi connectivity index (χ2n) is 4.95. The molecule has 0 radical (unpaired) electrons. The van der Waals surface area contributed by atoms with Crippen LogP contribution in [0.4, 0.5) is 4.79 Å². The molecule has 0 amide bonds. The molecule has 0 aliphatic rings. The molecular weight excluding hydrogens is 296 g/mol. The molecule has 0 saturated carbocycles. The predicted molar refractivity (Wildman–Crippen MR) is 76.0 cm³/mol. The molecule has 0 fully saturated rings. The van der Waals surface area contributed by atoms with E-state index in [2.05, 4.69) is 11.3 Å². The molecule has 0 bridgehead atoms. The van der Waals surface area contributed by atoms with Gasteiger partial charge in [-0.05, 0) is 20.3 Å². The van der Waals surface area contributed by atoms with Gasteiger partial charge in [0.2, 0.25) is 0 Å². The van der Waals surface area contributed by atoms with Gasteiger partial charge in [0.05, 0.1) is 12.2 Å². The van der Waals surface area contributed by atoms with Gasteiger partial charge in [0.1, 0.15) is 13.2 Å². The first kappa shape index (κ1) is 20.4. The summed E-state index contributed by atoms with van der Waals surface area (Å²) in [6.07, 6.45) is 0.158. The Bertz CT molecular complexity index is 353. The summed E-state index contributed by atoms with van der Waals surface area (Å²) in [6, 6.07) is 0. The molecule has 8 heteroatoms. The van der Waals surface area contributed by atoms with Crippen LogP contribution in [0.5, 0.6) is 0 Å². The van der Waals surface area contributed by atoms with Crippen LogP contribution < -0.4 is 0 Å². The van der Waals surface area contributed by atoms with Crippen LogP contribution in [0.1, 0.15) is 33.6 Å². The number of carbonyl (C=O) groups excluding carboxylic acids is 1. The number of hydrogen-bond donors (Lipinski definition) is 1. The van der Waals surface area contributed by atoms with Crippen molar-refractivity contribution in [1.82, 2.24) is 0 Å². The lowest BCUT2D eigenvalue weighted by molar-refractivity contribution is -0.417. The molecule has 1 unspecified atom stereocenters. The van der Waals surface area contributed by atoms with Crippen molar-refractivity contribution in [2.45, 2.75) is 45.5 Å². The Balaban J connectivity index is 4.22. The van der Waals surface area contributed by atoms with Crippen LogP contribution in [0.3, 0.4) is 0 Å². The minimum absolute atomic E-state index is 0.00382. The van der Waals surface area contributed by atoms with E-state index >= 15 is 0 Å². The van der Waals surface area contributed by atoms with Crippen molar-refractivity contribution >= 4 is 12.1 Å². The molecule has 1 atom stereocenters. The van der Waals surface area contributed by atoms with E-state index in [1.807, 2.05) is 20.8 Å². The van der Waals surface area contributed by atoms with Gasteiger partial charge in [0.15, 0.2) is 0 Å². The van der Waals surface area contributed by atoms with Crippen LogP contribution in [-0.2, 0) is 28.8 Å². The van der Waals surface area contributed by atoms with Crippen LogP contribution in [0.25, 0.3) is 0 Å². The molecule has 0 aromatic rings. The molecule has 0 aromatic heterocycles. The summed E-state index contributed by atoms with van der Waals surface area (Å²) in [7, 11) is 0. The Morgan fingerprint density at radius 3 is 2.55 bits per heavy atom. The Hall–Kier alpha value is -1.64. The topological polar surface area (TPSA) is 101 Å². The molecule has 0 heterocycles. The Morgan fingerprint density at radius 2 is 2.00 bits per heavy atom. The third-order valence-corrected chi connectivity index (χ3v) is 2.35. The van der Waals surface area contributed by atoms with Crippen molar-refractivity contribution in [2.24, 2.45) is 0 Å². The molecule has 0 saturated heterocycles. The monoisotopic (exact) mass is 320 g/mol. The van der Waals surface area contributed by atoms with E-state index in [-0.39, 0.29) is 19.8 Å². The molecule has 1 N–H and O–H groups in total. The van der Waals surface area contributed by atoms with Crippen molar-refractivity contribution in [1.29, 1.82) is 0 Å². The molecule has 0 aromatic carbocycles. The number of esters is 1. The zero-order valence-electron chi connectivity index (χ0n) is 13.2. The molecule has 128 valence electrons. The van der Waals surface area contributed by atoms with E-state index in [1.165, 1.54) is 0 Å². The van der Waals surface area contributed by atoms with Crippen molar-refractivity contribution in [3.05, 3.63) is 12.7 Å². The third-order valence-electron chi connectivity index (χ3n) is 2.35. The van der Waals surface area contributed by atoms with Gasteiger partial charge in [0, 0.05) is 6.08 Å². The lowest BCUT2D eigenvalue weighted by atomic mass is 10.0. The Kier molecular flexibility index (Phi) is 10.2. The lowest BCUT2D eigenvalue weighted by Crippen LogP contribution is -2.32. The van der Waals surface area contributed by atoms with Crippen LogP contribution in [0, 0.1) is 0 Å². The zero-order valence-corrected chi connectivity index (χ0v) is 13.2. The Labute approximate surface area is 129 Å². The van der Waals surface area contributed by atoms with Crippen LogP contribution >= 0.6 is 0 Å². The van der Waals surface area contributed by atoms with Gasteiger partial charge in [-0.15, -0.1) is 0 Å². The van der Waals surface area contributed by atoms with E-state index in [0.717, 1.165) is 18.9 Å². The first-order valence-corrected chi connectivity index (χ1v) is 6.91. The minimum atomic E-state index is -1.39. The van der Waals surface area contributed by atoms with Crippen molar-refractivity contribution in [3.63, 3.8) is 0 Å². The van der Waals surface area contributed by atoms with Crippen molar-refractivity contribution < 1.29 is 38.7 Å². The molecule has 0 aliphatic carbocycles. The maximum absolute atomic E-state index is 11.2. The van der Waals surface area contributed by atoms with Gasteiger partial charge in [0.25, 0.3) is 6.29 Å². The highest BCUT2D eigenvalue weighted by Crippen LogP contribution is 2.18. The molecule has 22 heavy (non-hydrogen) atoms. The summed E-state index contributed by atoms with van der Waals surface area (Å²) in [5.74, 6) is -0.688. The normalized spacial score (nSPS) is 12.5. The van der Waals surface area contributed by atoms with Crippen LogP contribution in [0.15, 0.2) is 12.7 Å². The zero-order chi connectivity index (χ0) is 17.0. The number of rotatable bonds is 12. The summed E-state index contributed by atoms with van der Waals surface area (Å²) in [6.45, 7) is 8.69. The SMILES string of the molecule is C=CC(=O)OC(COCCOC(=O)O)OOC(C)(C)CCC. The highest BCUT2D eigenvalue weighted by atomic mass is 17.2. The van der Waals surface area contributed by atoms with Crippen LogP contribution in [-0.4, -0.2) is 48.9 Å². The minimum Gasteiger partial charge on any atom is -0.450 e. The molecular formula is C14H24O8. The fourth-order valence-electron chi connectivity index (χ4n) is 1.45. The summed E-state index contributed by atoms with van der Waals surface area (Å²) in [5, 5.41) is 8.29. The highest BCUT2D eigenvalue weighted by molar-refractivity contribution is 5.81. The van der Waals surface area contributed by atoms with Gasteiger partial charge in [-0.25, -0.2) is 14.5 Å². The van der Waals surface area contributed by atoms with Crippen LogP contribution in [0.2, 0.25) is 0 Å². The number of carboxylic acid groups (broad SMARTS) is 1. The summed E-state index contributed by atoms with van der Waals surface area (Å²) < 4.78 is 14.3. The lowest BCUT2D eigenvalue weighted by Gasteiger charge is -2.25. The molecule has 0 spiro atoms. The summed E-state index contributed by atoms with van der Waals surface area (Å²) >= 11 is 0. The average molecular weight is 320 g/mol. The largest absolute Gasteiger partial charge is 0.505 e. The standard InChI is InChI=1S/C14H24O8/c1-5-7-14(3,4)22-21-12(20-11(15)6-2)10-18-8-9-19-13(16)17/h6,12H,2,5,7-10H2,1,3-4H3,(H,16,17). The summed E-state index contributed by atoms with van der Waals surface area (Å²) in [4.78, 5) is 31.7. The quantitative estimate of drug-likeness (QED) is 0.146. The molecule has 0 aliphatic heterocycles. The van der Waals surface area contributed by atoms with Gasteiger partial charge in [-0.2, -0.15) is 4.89 Å². The van der Waals surface area contributed by atoms with Crippen molar-refractivity contribution in [2.75, 3.05) is 19.8 Å². The first-order valence-electron chi connectivity index (χ1n) is 6.91. The van der Waals surface area contributed by atoms with Gasteiger partial charge >= 0.3 is 12.1 Å². The van der Waals surface area contributed by atoms with E-state index in [1.54, 1.807) is 0 Å². The van der Waals surface area contributed by atoms with E-state index in [0.29, 0.717) is 0 Å². The highest BCUT2D eigenvalue weighted by Gasteiger charge is 2.23. The maximum atomic E-state index is 11.2. The second-order valence-corrected chi connectivity index (χ2v) is 4.95. The van der Waals surface area contributed by atoms with E-state index < -0.39 is 24.0 Å². The number of hydrogen-bond acceptors (Lipinski definition) is 7. The fraction of sp³-hybridized carbons (Fsp3) is 0.714. The first-order chi connectivity index (χ1) is 10.3. The second kappa shape index (κ2) is 11.0. The third kappa shape index (κ3) is 11.1. The summed E-state index contributed by atoms with van der Waals surface area (Å²) in [5.41, 5.74) is -0.542. The van der Waals surface area contributed by atoms with E-state index in [4.69, 9.17) is 24.4 Å². The van der Waals surface area contributed by atoms with Gasteiger partial charge in [-0.3, -0.25) is 0 Å². The van der Waals surface area contributed by atoms with Gasteiger partial charge in [-0.1, -0.05) is 19.9 Å². The van der Waals surface area contributed by atoms with E-state index in [9.17, 15) is 9.59 Å². The molecule has 0 rings (SSSR count). The molecule has 8 nitrogen and oxygen atoms in total. The van der Waals surface area contributed by atoms with Gasteiger partial charge < -0.3 is 19.3 Å². The number of carbonyl (C=O) groups is 2.